The van der Waals surface area contributed by atoms with Gasteiger partial charge in [-0.3, -0.25) is 9.48 Å². The van der Waals surface area contributed by atoms with Gasteiger partial charge in [0.15, 0.2) is 5.69 Å². The maximum Gasteiger partial charge on any atom is 0.274 e. The molecule has 3 aliphatic rings. The van der Waals surface area contributed by atoms with Crippen LogP contribution in [0.15, 0.2) is 0 Å². The highest BCUT2D eigenvalue weighted by molar-refractivity contribution is 5.94. The zero-order valence-corrected chi connectivity index (χ0v) is 16.5. The number of amides is 1. The average molecular weight is 359 g/mol. The molecule has 2 fully saturated rings. The molecule has 0 radical (unpaired) electrons. The Labute approximate surface area is 157 Å². The maximum atomic E-state index is 13.1. The van der Waals surface area contributed by atoms with Gasteiger partial charge in [0.1, 0.15) is 0 Å². The molecule has 144 valence electrons. The zero-order chi connectivity index (χ0) is 18.1. The van der Waals surface area contributed by atoms with Crippen molar-refractivity contribution in [1.82, 2.24) is 20.0 Å². The Morgan fingerprint density at radius 3 is 2.54 bits per heavy atom. The van der Waals surface area contributed by atoms with E-state index in [0.717, 1.165) is 51.0 Å². The van der Waals surface area contributed by atoms with Crippen LogP contribution in [-0.4, -0.2) is 45.8 Å². The smallest absolute Gasteiger partial charge is 0.274 e. The van der Waals surface area contributed by atoms with Crippen LogP contribution in [0.2, 0.25) is 0 Å². The Morgan fingerprint density at radius 1 is 1.12 bits per heavy atom. The summed E-state index contributed by atoms with van der Waals surface area (Å²) < 4.78 is 2.15. The largest absolute Gasteiger partial charge is 0.337 e. The average Bonchev–Trinajstić information content (AvgIpc) is 3.35. The third kappa shape index (κ3) is 3.68. The van der Waals surface area contributed by atoms with E-state index in [-0.39, 0.29) is 5.91 Å². The first kappa shape index (κ1) is 18.0. The first-order valence-corrected chi connectivity index (χ1v) is 10.8. The van der Waals surface area contributed by atoms with Gasteiger partial charge in [0.25, 0.3) is 5.91 Å². The van der Waals surface area contributed by atoms with Gasteiger partial charge in [0.2, 0.25) is 0 Å². The molecule has 0 bridgehead atoms. The molecule has 0 aromatic carbocycles. The van der Waals surface area contributed by atoms with Gasteiger partial charge in [-0.15, -0.1) is 0 Å². The number of carbonyl (C=O) groups excluding carboxylic acids is 1. The number of nitrogens with zero attached hydrogens (tertiary/aromatic N) is 3. The molecule has 1 saturated heterocycles. The lowest BCUT2D eigenvalue weighted by molar-refractivity contribution is 0.0784. The SMILES string of the molecule is CC(C)Cn1nc(C(=O)N2CCCC2)c2c1CCC(NC1CCCC1)C2. The van der Waals surface area contributed by atoms with E-state index in [0.29, 0.717) is 18.0 Å². The van der Waals surface area contributed by atoms with E-state index in [1.807, 2.05) is 4.90 Å². The number of aromatic nitrogens is 2. The monoisotopic (exact) mass is 358 g/mol. The van der Waals surface area contributed by atoms with Gasteiger partial charge in [0, 0.05) is 43.0 Å². The van der Waals surface area contributed by atoms with Crippen molar-refractivity contribution in [1.29, 1.82) is 0 Å². The molecule has 1 aromatic heterocycles. The van der Waals surface area contributed by atoms with E-state index in [9.17, 15) is 4.79 Å². The summed E-state index contributed by atoms with van der Waals surface area (Å²) in [6.45, 7) is 7.16. The lowest BCUT2D eigenvalue weighted by Gasteiger charge is -2.28. The van der Waals surface area contributed by atoms with E-state index < -0.39 is 0 Å². The summed E-state index contributed by atoms with van der Waals surface area (Å²) in [5, 5.41) is 8.72. The molecule has 1 amide bonds. The van der Waals surface area contributed by atoms with Crippen molar-refractivity contribution in [2.45, 2.75) is 90.3 Å². The summed E-state index contributed by atoms with van der Waals surface area (Å²) >= 11 is 0. The van der Waals surface area contributed by atoms with E-state index in [2.05, 4.69) is 23.8 Å². The molecule has 1 aliphatic heterocycles. The quantitative estimate of drug-likeness (QED) is 0.879. The number of nitrogens with one attached hydrogen (secondary N) is 1. The standard InChI is InChI=1S/C21H34N4O/c1-15(2)14-25-19-10-9-17(22-16-7-3-4-8-16)13-18(19)20(23-25)21(26)24-11-5-6-12-24/h15-17,22H,3-14H2,1-2H3. The second kappa shape index (κ2) is 7.71. The molecule has 1 unspecified atom stereocenters. The summed E-state index contributed by atoms with van der Waals surface area (Å²) in [4.78, 5) is 15.1. The molecule has 1 aromatic rings. The number of carbonyl (C=O) groups is 1. The minimum atomic E-state index is 0.169. The summed E-state index contributed by atoms with van der Waals surface area (Å²) in [5.74, 6) is 0.714. The van der Waals surface area contributed by atoms with Crippen LogP contribution in [-0.2, 0) is 19.4 Å². The van der Waals surface area contributed by atoms with Crippen LogP contribution in [0.4, 0.5) is 0 Å². The Morgan fingerprint density at radius 2 is 1.85 bits per heavy atom. The predicted molar refractivity (Wildman–Crippen MR) is 103 cm³/mol. The second-order valence-corrected chi connectivity index (χ2v) is 8.94. The third-order valence-electron chi connectivity index (χ3n) is 6.31. The fourth-order valence-corrected chi connectivity index (χ4v) is 4.99. The Kier molecular flexibility index (Phi) is 5.35. The van der Waals surface area contributed by atoms with Crippen molar-refractivity contribution < 1.29 is 4.79 Å². The highest BCUT2D eigenvalue weighted by atomic mass is 16.2. The zero-order valence-electron chi connectivity index (χ0n) is 16.5. The summed E-state index contributed by atoms with van der Waals surface area (Å²) in [7, 11) is 0. The van der Waals surface area contributed by atoms with Crippen molar-refractivity contribution in [3.05, 3.63) is 17.0 Å². The maximum absolute atomic E-state index is 13.1. The van der Waals surface area contributed by atoms with Crippen LogP contribution in [0.3, 0.4) is 0 Å². The Balaban J connectivity index is 1.57. The number of likely N-dealkylation sites (tertiary alicyclic amines) is 1. The topological polar surface area (TPSA) is 50.2 Å². The molecule has 1 N–H and O–H groups in total. The summed E-state index contributed by atoms with van der Waals surface area (Å²) in [5.41, 5.74) is 3.32. The molecular weight excluding hydrogens is 324 g/mol. The second-order valence-electron chi connectivity index (χ2n) is 8.94. The fourth-order valence-electron chi connectivity index (χ4n) is 4.99. The molecule has 1 saturated carbocycles. The minimum absolute atomic E-state index is 0.169. The van der Waals surface area contributed by atoms with Gasteiger partial charge in [-0.2, -0.15) is 5.10 Å². The highest BCUT2D eigenvalue weighted by Crippen LogP contribution is 2.29. The number of hydrogen-bond donors (Lipinski definition) is 1. The molecule has 1 atom stereocenters. The summed E-state index contributed by atoms with van der Waals surface area (Å²) in [6.07, 6.45) is 10.8. The first-order valence-electron chi connectivity index (χ1n) is 10.8. The molecule has 5 heteroatoms. The van der Waals surface area contributed by atoms with Crippen molar-refractivity contribution >= 4 is 5.91 Å². The highest BCUT2D eigenvalue weighted by Gasteiger charge is 2.33. The summed E-state index contributed by atoms with van der Waals surface area (Å²) in [6, 6.07) is 1.19. The molecule has 5 nitrogen and oxygen atoms in total. The molecule has 0 spiro atoms. The van der Waals surface area contributed by atoms with Crippen LogP contribution in [0.5, 0.6) is 0 Å². The lowest BCUT2D eigenvalue weighted by atomic mass is 9.90. The van der Waals surface area contributed by atoms with Gasteiger partial charge < -0.3 is 10.2 Å². The Bertz CT molecular complexity index is 639. The van der Waals surface area contributed by atoms with Crippen molar-refractivity contribution in [3.63, 3.8) is 0 Å². The number of rotatable bonds is 5. The van der Waals surface area contributed by atoms with Crippen LogP contribution < -0.4 is 5.32 Å². The van der Waals surface area contributed by atoms with Crippen LogP contribution in [0.1, 0.15) is 80.5 Å². The number of fused-ring (bicyclic) bond motifs is 1. The fraction of sp³-hybridized carbons (Fsp3) is 0.810. The minimum Gasteiger partial charge on any atom is -0.337 e. The number of hydrogen-bond acceptors (Lipinski definition) is 3. The van der Waals surface area contributed by atoms with E-state index in [4.69, 9.17) is 5.10 Å². The van der Waals surface area contributed by atoms with Crippen LogP contribution in [0, 0.1) is 5.92 Å². The van der Waals surface area contributed by atoms with Gasteiger partial charge in [-0.05, 0) is 50.9 Å². The van der Waals surface area contributed by atoms with E-state index in [1.165, 1.54) is 43.4 Å². The van der Waals surface area contributed by atoms with Crippen molar-refractivity contribution in [2.24, 2.45) is 5.92 Å². The van der Waals surface area contributed by atoms with Gasteiger partial charge >= 0.3 is 0 Å². The molecule has 26 heavy (non-hydrogen) atoms. The normalized spacial score (nSPS) is 23.8. The van der Waals surface area contributed by atoms with E-state index in [1.54, 1.807) is 0 Å². The molecule has 4 rings (SSSR count). The van der Waals surface area contributed by atoms with Crippen molar-refractivity contribution in [3.8, 4) is 0 Å². The predicted octanol–water partition coefficient (Wildman–Crippen LogP) is 3.16. The lowest BCUT2D eigenvalue weighted by Crippen LogP contribution is -2.41. The van der Waals surface area contributed by atoms with Gasteiger partial charge in [0.05, 0.1) is 0 Å². The van der Waals surface area contributed by atoms with Crippen LogP contribution in [0.25, 0.3) is 0 Å². The molecule has 2 heterocycles. The third-order valence-corrected chi connectivity index (χ3v) is 6.31. The Hall–Kier alpha value is -1.36. The van der Waals surface area contributed by atoms with Gasteiger partial charge in [-0.25, -0.2) is 0 Å². The van der Waals surface area contributed by atoms with Crippen LogP contribution >= 0.6 is 0 Å². The van der Waals surface area contributed by atoms with Gasteiger partial charge in [-0.1, -0.05) is 26.7 Å². The molecular formula is C21H34N4O. The van der Waals surface area contributed by atoms with E-state index >= 15 is 0 Å². The van der Waals surface area contributed by atoms with Crippen molar-refractivity contribution in [2.75, 3.05) is 13.1 Å². The molecule has 2 aliphatic carbocycles. The first-order chi connectivity index (χ1) is 12.6.